The number of nitrogens with one attached hydrogen (secondary N) is 1. The quantitative estimate of drug-likeness (QED) is 0.754. The molecule has 14 heavy (non-hydrogen) atoms. The zero-order valence-electron chi connectivity index (χ0n) is 9.30. The molecule has 0 saturated carbocycles. The Morgan fingerprint density at radius 1 is 1.36 bits per heavy atom. The summed E-state index contributed by atoms with van der Waals surface area (Å²) in [6.07, 6.45) is 1.31. The minimum Gasteiger partial charge on any atom is -0.319 e. The fourth-order valence-electron chi connectivity index (χ4n) is 2.62. The lowest BCUT2D eigenvalue weighted by molar-refractivity contribution is 0.584. The summed E-state index contributed by atoms with van der Waals surface area (Å²) >= 11 is 0. The van der Waals surface area contributed by atoms with Crippen LogP contribution in [0, 0.1) is 6.92 Å². The van der Waals surface area contributed by atoms with Crippen LogP contribution in [0.1, 0.15) is 41.9 Å². The van der Waals surface area contributed by atoms with Gasteiger partial charge in [-0.1, -0.05) is 30.7 Å². The van der Waals surface area contributed by atoms with E-state index >= 15 is 0 Å². The Morgan fingerprint density at radius 2 is 2.14 bits per heavy atom. The van der Waals surface area contributed by atoms with Gasteiger partial charge in [-0.25, -0.2) is 0 Å². The van der Waals surface area contributed by atoms with Crippen LogP contribution in [-0.2, 0) is 0 Å². The first-order chi connectivity index (χ1) is 6.72. The van der Waals surface area contributed by atoms with Gasteiger partial charge in [-0.05, 0) is 43.4 Å². The van der Waals surface area contributed by atoms with E-state index in [1.54, 1.807) is 11.1 Å². The molecule has 1 aromatic carbocycles. The molecule has 1 N–H and O–H groups in total. The summed E-state index contributed by atoms with van der Waals surface area (Å²) in [4.78, 5) is 0. The van der Waals surface area contributed by atoms with Crippen molar-refractivity contribution in [2.75, 3.05) is 13.6 Å². The van der Waals surface area contributed by atoms with Crippen molar-refractivity contribution in [1.29, 1.82) is 0 Å². The maximum Gasteiger partial charge on any atom is 0.00174 e. The first kappa shape index (κ1) is 9.72. The van der Waals surface area contributed by atoms with Crippen LogP contribution in [0.5, 0.6) is 0 Å². The highest BCUT2D eigenvalue weighted by atomic mass is 14.8. The van der Waals surface area contributed by atoms with E-state index in [4.69, 9.17) is 0 Å². The van der Waals surface area contributed by atoms with Gasteiger partial charge in [-0.2, -0.15) is 0 Å². The van der Waals surface area contributed by atoms with Crippen LogP contribution in [0.4, 0.5) is 0 Å². The van der Waals surface area contributed by atoms with Gasteiger partial charge >= 0.3 is 0 Å². The number of hydrogen-bond donors (Lipinski definition) is 1. The van der Waals surface area contributed by atoms with E-state index in [0.29, 0.717) is 0 Å². The lowest BCUT2D eigenvalue weighted by Crippen LogP contribution is -2.15. The Labute approximate surface area is 86.5 Å². The highest BCUT2D eigenvalue weighted by molar-refractivity contribution is 5.40. The fourth-order valence-corrected chi connectivity index (χ4v) is 2.62. The summed E-state index contributed by atoms with van der Waals surface area (Å²) in [5.74, 6) is 1.47. The number of fused-ring (bicyclic) bond motifs is 1. The number of likely N-dealkylation sites (N-methyl/N-ethyl adjacent to an activating group) is 1. The lowest BCUT2D eigenvalue weighted by Gasteiger charge is -2.10. The van der Waals surface area contributed by atoms with E-state index in [1.807, 2.05) is 7.05 Å². The highest BCUT2D eigenvalue weighted by Crippen LogP contribution is 2.41. The molecule has 76 valence electrons. The van der Waals surface area contributed by atoms with Crippen molar-refractivity contribution in [3.05, 3.63) is 34.9 Å². The molecular formula is C13H19N. The third-order valence-electron chi connectivity index (χ3n) is 3.30. The largest absolute Gasteiger partial charge is 0.319 e. The van der Waals surface area contributed by atoms with Gasteiger partial charge in [-0.3, -0.25) is 0 Å². The normalized spacial score (nSPS) is 25.1. The number of aryl methyl sites for hydroxylation is 1. The molecule has 0 saturated heterocycles. The summed E-state index contributed by atoms with van der Waals surface area (Å²) in [5.41, 5.74) is 4.53. The molecule has 1 heteroatoms. The molecule has 1 aromatic rings. The number of benzene rings is 1. The van der Waals surface area contributed by atoms with Gasteiger partial charge in [0.1, 0.15) is 0 Å². The van der Waals surface area contributed by atoms with Crippen molar-refractivity contribution < 1.29 is 0 Å². The second-order valence-electron chi connectivity index (χ2n) is 4.52. The lowest BCUT2D eigenvalue weighted by atomic mass is 9.99. The van der Waals surface area contributed by atoms with Gasteiger partial charge in [0, 0.05) is 6.54 Å². The molecule has 0 spiro atoms. The van der Waals surface area contributed by atoms with Crippen LogP contribution in [0.3, 0.4) is 0 Å². The molecule has 1 aliphatic rings. The Hall–Kier alpha value is -0.820. The predicted molar refractivity (Wildman–Crippen MR) is 60.9 cm³/mol. The minimum absolute atomic E-state index is 0.727. The molecule has 0 amide bonds. The van der Waals surface area contributed by atoms with Crippen LogP contribution in [0.25, 0.3) is 0 Å². The Balaban J connectivity index is 2.35. The smallest absolute Gasteiger partial charge is 0.00174 e. The van der Waals surface area contributed by atoms with Crippen LogP contribution >= 0.6 is 0 Å². The van der Waals surface area contributed by atoms with Crippen molar-refractivity contribution in [1.82, 2.24) is 5.32 Å². The van der Waals surface area contributed by atoms with E-state index in [-0.39, 0.29) is 0 Å². The SMILES string of the molecule is CNCC1CC(C)c2ccc(C)cc21. The molecule has 0 radical (unpaired) electrons. The standard InChI is InChI=1S/C13H19N/c1-9-4-5-12-10(2)7-11(8-14-3)13(12)6-9/h4-6,10-11,14H,7-8H2,1-3H3. The van der Waals surface area contributed by atoms with Gasteiger partial charge in [0.2, 0.25) is 0 Å². The van der Waals surface area contributed by atoms with Gasteiger partial charge in [0.15, 0.2) is 0 Å². The van der Waals surface area contributed by atoms with E-state index in [1.165, 1.54) is 12.0 Å². The maximum absolute atomic E-state index is 3.29. The van der Waals surface area contributed by atoms with Crippen LogP contribution in [0.15, 0.2) is 18.2 Å². The number of rotatable bonds is 2. The highest BCUT2D eigenvalue weighted by Gasteiger charge is 2.27. The maximum atomic E-state index is 3.29. The minimum atomic E-state index is 0.727. The van der Waals surface area contributed by atoms with E-state index in [9.17, 15) is 0 Å². The summed E-state index contributed by atoms with van der Waals surface area (Å²) in [6.45, 7) is 5.63. The van der Waals surface area contributed by atoms with E-state index in [2.05, 4.69) is 37.4 Å². The molecule has 1 aliphatic carbocycles. The Morgan fingerprint density at radius 3 is 2.86 bits per heavy atom. The second-order valence-corrected chi connectivity index (χ2v) is 4.52. The van der Waals surface area contributed by atoms with Crippen molar-refractivity contribution in [3.63, 3.8) is 0 Å². The average Bonchev–Trinajstić information content (AvgIpc) is 2.44. The van der Waals surface area contributed by atoms with Gasteiger partial charge in [0.25, 0.3) is 0 Å². The van der Waals surface area contributed by atoms with Crippen molar-refractivity contribution >= 4 is 0 Å². The zero-order valence-corrected chi connectivity index (χ0v) is 9.30. The third kappa shape index (κ3) is 1.57. The van der Waals surface area contributed by atoms with Gasteiger partial charge in [0.05, 0.1) is 0 Å². The number of hydrogen-bond acceptors (Lipinski definition) is 1. The van der Waals surface area contributed by atoms with E-state index < -0.39 is 0 Å². The van der Waals surface area contributed by atoms with Crippen LogP contribution in [-0.4, -0.2) is 13.6 Å². The molecule has 2 atom stereocenters. The van der Waals surface area contributed by atoms with Crippen LogP contribution in [0.2, 0.25) is 0 Å². The summed E-state index contributed by atoms with van der Waals surface area (Å²) in [5, 5.41) is 3.29. The average molecular weight is 189 g/mol. The topological polar surface area (TPSA) is 12.0 Å². The van der Waals surface area contributed by atoms with Crippen LogP contribution < -0.4 is 5.32 Å². The van der Waals surface area contributed by atoms with Gasteiger partial charge in [-0.15, -0.1) is 0 Å². The molecular weight excluding hydrogens is 170 g/mol. The predicted octanol–water partition coefficient (Wildman–Crippen LogP) is 2.81. The molecule has 0 heterocycles. The molecule has 2 rings (SSSR count). The molecule has 0 aliphatic heterocycles. The molecule has 0 fully saturated rings. The molecule has 1 nitrogen and oxygen atoms in total. The molecule has 2 unspecified atom stereocenters. The Kier molecular flexibility index (Phi) is 2.60. The first-order valence-electron chi connectivity index (χ1n) is 5.47. The first-order valence-corrected chi connectivity index (χ1v) is 5.47. The summed E-state index contributed by atoms with van der Waals surface area (Å²) < 4.78 is 0. The second kappa shape index (κ2) is 3.74. The molecule has 0 aromatic heterocycles. The zero-order chi connectivity index (χ0) is 10.1. The van der Waals surface area contributed by atoms with Crippen molar-refractivity contribution in [3.8, 4) is 0 Å². The molecule has 0 bridgehead atoms. The monoisotopic (exact) mass is 189 g/mol. The van der Waals surface area contributed by atoms with Crippen molar-refractivity contribution in [2.24, 2.45) is 0 Å². The summed E-state index contributed by atoms with van der Waals surface area (Å²) in [7, 11) is 2.04. The van der Waals surface area contributed by atoms with Gasteiger partial charge < -0.3 is 5.32 Å². The van der Waals surface area contributed by atoms with E-state index in [0.717, 1.165) is 18.4 Å². The van der Waals surface area contributed by atoms with Crippen molar-refractivity contribution in [2.45, 2.75) is 32.1 Å². The Bertz CT molecular complexity index is 330. The summed E-state index contributed by atoms with van der Waals surface area (Å²) in [6, 6.07) is 6.91. The fraction of sp³-hybridized carbons (Fsp3) is 0.538. The third-order valence-corrected chi connectivity index (χ3v) is 3.30.